The zero-order chi connectivity index (χ0) is 10.3. The normalized spacial score (nSPS) is 12.2. The van der Waals surface area contributed by atoms with E-state index in [2.05, 4.69) is 12.2 Å². The number of hydrogen-bond donors (Lipinski definition) is 2. The summed E-state index contributed by atoms with van der Waals surface area (Å²) in [4.78, 5) is 21.1. The van der Waals surface area contributed by atoms with Gasteiger partial charge in [-0.15, -0.1) is 0 Å². The van der Waals surface area contributed by atoms with Crippen LogP contribution in [-0.4, -0.2) is 18.4 Å². The zero-order valence-corrected chi connectivity index (χ0v) is 8.30. The third-order valence-corrected chi connectivity index (χ3v) is 1.89. The molecule has 4 nitrogen and oxygen atoms in total. The molecule has 0 fully saturated rings. The molecule has 0 aliphatic heterocycles. The molecule has 0 aliphatic rings. The van der Waals surface area contributed by atoms with E-state index in [0.717, 1.165) is 19.3 Å². The van der Waals surface area contributed by atoms with Crippen LogP contribution in [0.15, 0.2) is 0 Å². The second kappa shape index (κ2) is 6.46. The maximum Gasteiger partial charge on any atom is 0.309 e. The maximum absolute atomic E-state index is 10.7. The summed E-state index contributed by atoms with van der Waals surface area (Å²) in [5.74, 6) is -1.20. The summed E-state index contributed by atoms with van der Waals surface area (Å²) in [6.07, 6.45) is 3.36. The fourth-order valence-electron chi connectivity index (χ4n) is 1.01. The van der Waals surface area contributed by atoms with Crippen molar-refractivity contribution < 1.29 is 9.59 Å². The van der Waals surface area contributed by atoms with Gasteiger partial charge in [0.1, 0.15) is 0 Å². The molecule has 0 saturated carbocycles. The summed E-state index contributed by atoms with van der Waals surface area (Å²) < 4.78 is 0. The molecule has 3 N–H and O–H groups in total. The Kier molecular flexibility index (Phi) is 5.93. The van der Waals surface area contributed by atoms with Gasteiger partial charge in [0.2, 0.25) is 0 Å². The number of carbonyl (C=O) groups excluding carboxylic acids is 2. The fourth-order valence-corrected chi connectivity index (χ4v) is 1.01. The molecule has 0 rings (SSSR count). The molecule has 0 aromatic rings. The zero-order valence-electron chi connectivity index (χ0n) is 8.30. The highest BCUT2D eigenvalue weighted by Crippen LogP contribution is 2.05. The maximum atomic E-state index is 10.7. The van der Waals surface area contributed by atoms with E-state index in [0.29, 0.717) is 12.5 Å². The Hall–Kier alpha value is -1.06. The summed E-state index contributed by atoms with van der Waals surface area (Å²) >= 11 is 0. The third-order valence-electron chi connectivity index (χ3n) is 1.89. The molecule has 0 saturated heterocycles. The number of unbranched alkanes of at least 4 members (excludes halogenated alkanes) is 1. The molecule has 0 aromatic carbocycles. The van der Waals surface area contributed by atoms with Crippen LogP contribution >= 0.6 is 0 Å². The highest BCUT2D eigenvalue weighted by Gasteiger charge is 2.09. The number of carbonyl (C=O) groups is 2. The molecular weight excluding hydrogens is 168 g/mol. The van der Waals surface area contributed by atoms with Crippen molar-refractivity contribution in [3.63, 3.8) is 0 Å². The predicted molar refractivity (Wildman–Crippen MR) is 50.9 cm³/mol. The van der Waals surface area contributed by atoms with Gasteiger partial charge >= 0.3 is 11.8 Å². The van der Waals surface area contributed by atoms with Gasteiger partial charge in [0, 0.05) is 6.54 Å². The van der Waals surface area contributed by atoms with E-state index < -0.39 is 11.8 Å². The van der Waals surface area contributed by atoms with Gasteiger partial charge in [0.15, 0.2) is 0 Å². The van der Waals surface area contributed by atoms with Crippen LogP contribution in [0.1, 0.15) is 33.1 Å². The quantitative estimate of drug-likeness (QED) is 0.610. The molecular formula is C9H18N2O2. The number of nitrogens with one attached hydrogen (secondary N) is 1. The fraction of sp³-hybridized carbons (Fsp3) is 0.778. The second-order valence-electron chi connectivity index (χ2n) is 3.32. The van der Waals surface area contributed by atoms with Crippen LogP contribution < -0.4 is 11.1 Å². The van der Waals surface area contributed by atoms with Gasteiger partial charge in [0.25, 0.3) is 0 Å². The van der Waals surface area contributed by atoms with Gasteiger partial charge in [-0.25, -0.2) is 0 Å². The Morgan fingerprint density at radius 1 is 1.46 bits per heavy atom. The summed E-state index contributed by atoms with van der Waals surface area (Å²) in [6, 6.07) is 0. The molecule has 0 spiro atoms. The molecule has 1 atom stereocenters. The molecule has 0 aromatic heterocycles. The Balaban J connectivity index is 3.51. The van der Waals surface area contributed by atoms with Crippen LogP contribution in [0.4, 0.5) is 0 Å². The van der Waals surface area contributed by atoms with Crippen LogP contribution in [0, 0.1) is 5.92 Å². The van der Waals surface area contributed by atoms with Gasteiger partial charge in [-0.2, -0.15) is 0 Å². The molecule has 4 heteroatoms. The first-order chi connectivity index (χ1) is 6.07. The molecule has 76 valence electrons. The number of nitrogens with two attached hydrogens (primary N) is 1. The van der Waals surface area contributed by atoms with E-state index in [1.807, 2.05) is 6.92 Å². The van der Waals surface area contributed by atoms with Crippen molar-refractivity contribution in [1.29, 1.82) is 0 Å². The largest absolute Gasteiger partial charge is 0.361 e. The molecule has 0 heterocycles. The number of rotatable bonds is 5. The number of primary amides is 1. The number of amides is 2. The van der Waals surface area contributed by atoms with E-state index in [9.17, 15) is 9.59 Å². The highest BCUT2D eigenvalue weighted by atomic mass is 16.2. The van der Waals surface area contributed by atoms with Crippen molar-refractivity contribution >= 4 is 11.8 Å². The molecule has 2 amide bonds. The van der Waals surface area contributed by atoms with Crippen molar-refractivity contribution in [2.75, 3.05) is 6.54 Å². The summed E-state index contributed by atoms with van der Waals surface area (Å²) in [5, 5.41) is 2.48. The third kappa shape index (κ3) is 6.13. The van der Waals surface area contributed by atoms with E-state index in [4.69, 9.17) is 5.73 Å². The standard InChI is InChI=1S/C9H18N2O2/c1-3-4-5-7(2)6-11-9(13)8(10)12/h7H,3-6H2,1-2H3,(H2,10,12)(H,11,13). The topological polar surface area (TPSA) is 72.2 Å². The SMILES string of the molecule is CCCCC(C)CNC(=O)C(N)=O. The Morgan fingerprint density at radius 3 is 2.54 bits per heavy atom. The predicted octanol–water partition coefficient (Wildman–Crippen LogP) is 0.414. The Labute approximate surface area is 78.9 Å². The average Bonchev–Trinajstić information content (AvgIpc) is 2.10. The first-order valence-electron chi connectivity index (χ1n) is 4.65. The van der Waals surface area contributed by atoms with Crippen LogP contribution in [0.3, 0.4) is 0 Å². The van der Waals surface area contributed by atoms with E-state index in [1.54, 1.807) is 0 Å². The Morgan fingerprint density at radius 2 is 2.08 bits per heavy atom. The lowest BCUT2D eigenvalue weighted by Gasteiger charge is -2.10. The second-order valence-corrected chi connectivity index (χ2v) is 3.32. The summed E-state index contributed by atoms with van der Waals surface area (Å²) in [5.41, 5.74) is 4.77. The van der Waals surface area contributed by atoms with Crippen molar-refractivity contribution in [2.24, 2.45) is 11.7 Å². The van der Waals surface area contributed by atoms with Crippen molar-refractivity contribution in [2.45, 2.75) is 33.1 Å². The van der Waals surface area contributed by atoms with Crippen LogP contribution in [0.2, 0.25) is 0 Å². The van der Waals surface area contributed by atoms with Crippen LogP contribution in [-0.2, 0) is 9.59 Å². The Bertz CT molecular complexity index is 180. The van der Waals surface area contributed by atoms with Crippen molar-refractivity contribution in [3.05, 3.63) is 0 Å². The lowest BCUT2D eigenvalue weighted by Crippen LogP contribution is -2.38. The average molecular weight is 186 g/mol. The van der Waals surface area contributed by atoms with Gasteiger partial charge in [-0.3, -0.25) is 9.59 Å². The molecule has 0 aliphatic carbocycles. The molecule has 0 radical (unpaired) electrons. The van der Waals surface area contributed by atoms with Gasteiger partial charge in [-0.05, 0) is 12.3 Å². The van der Waals surface area contributed by atoms with Crippen LogP contribution in [0.25, 0.3) is 0 Å². The van der Waals surface area contributed by atoms with Gasteiger partial charge in [0.05, 0.1) is 0 Å². The first kappa shape index (κ1) is 11.9. The minimum atomic E-state index is -0.914. The molecule has 13 heavy (non-hydrogen) atoms. The minimum absolute atomic E-state index is 0.406. The van der Waals surface area contributed by atoms with Crippen molar-refractivity contribution in [1.82, 2.24) is 5.32 Å². The lowest BCUT2D eigenvalue weighted by atomic mass is 10.0. The van der Waals surface area contributed by atoms with E-state index in [-0.39, 0.29) is 0 Å². The van der Waals surface area contributed by atoms with E-state index >= 15 is 0 Å². The smallest absolute Gasteiger partial charge is 0.309 e. The van der Waals surface area contributed by atoms with Gasteiger partial charge < -0.3 is 11.1 Å². The molecule has 0 bridgehead atoms. The summed E-state index contributed by atoms with van der Waals surface area (Å²) in [6.45, 7) is 4.69. The van der Waals surface area contributed by atoms with Crippen LogP contribution in [0.5, 0.6) is 0 Å². The highest BCUT2D eigenvalue weighted by molar-refractivity contribution is 6.34. The van der Waals surface area contributed by atoms with E-state index in [1.165, 1.54) is 0 Å². The summed E-state index contributed by atoms with van der Waals surface area (Å²) in [7, 11) is 0. The monoisotopic (exact) mass is 186 g/mol. The molecule has 1 unspecified atom stereocenters. The first-order valence-corrected chi connectivity index (χ1v) is 4.65. The van der Waals surface area contributed by atoms with Gasteiger partial charge in [-0.1, -0.05) is 26.7 Å². The minimum Gasteiger partial charge on any atom is -0.361 e. The lowest BCUT2D eigenvalue weighted by molar-refractivity contribution is -0.137. The van der Waals surface area contributed by atoms with Crippen molar-refractivity contribution in [3.8, 4) is 0 Å². The number of hydrogen-bond acceptors (Lipinski definition) is 2.